The Kier molecular flexibility index (Phi) is 4.17. The van der Waals surface area contributed by atoms with Crippen LogP contribution in [0.3, 0.4) is 0 Å². The van der Waals surface area contributed by atoms with Gasteiger partial charge in [0.2, 0.25) is 0 Å². The van der Waals surface area contributed by atoms with E-state index >= 15 is 0 Å². The first kappa shape index (κ1) is 17.6. The predicted molar refractivity (Wildman–Crippen MR) is 117 cm³/mol. The molecule has 0 aliphatic heterocycles. The zero-order valence-corrected chi connectivity index (χ0v) is 16.3. The Morgan fingerprint density at radius 2 is 1.69 bits per heavy atom. The summed E-state index contributed by atoms with van der Waals surface area (Å²) in [5.41, 5.74) is 6.88. The van der Waals surface area contributed by atoms with Gasteiger partial charge in [-0.05, 0) is 99.5 Å². The summed E-state index contributed by atoms with van der Waals surface area (Å²) in [6, 6.07) is 21.5. The second-order valence-electron chi connectivity index (χ2n) is 7.58. The van der Waals surface area contributed by atoms with Crippen LogP contribution in [0.5, 0.6) is 17.2 Å². The predicted octanol–water partition coefficient (Wildman–Crippen LogP) is 6.28. The second kappa shape index (κ2) is 6.85. The molecule has 0 saturated heterocycles. The van der Waals surface area contributed by atoms with E-state index in [2.05, 4.69) is 25.1 Å². The Hall–Kier alpha value is -3.46. The SMILES string of the molecule is CCCOc1cccc(-c2c3c(cc4ccc(O)cc24)-c2ccc(O)cc2C3)c1. The maximum Gasteiger partial charge on any atom is 0.119 e. The highest BCUT2D eigenvalue weighted by Crippen LogP contribution is 2.47. The van der Waals surface area contributed by atoms with Crippen molar-refractivity contribution in [2.24, 2.45) is 0 Å². The van der Waals surface area contributed by atoms with Crippen LogP contribution in [0.25, 0.3) is 33.0 Å². The van der Waals surface area contributed by atoms with E-state index in [1.165, 1.54) is 11.1 Å². The van der Waals surface area contributed by atoms with Crippen molar-refractivity contribution >= 4 is 10.8 Å². The van der Waals surface area contributed by atoms with Gasteiger partial charge < -0.3 is 14.9 Å². The number of aromatic hydroxyl groups is 2. The van der Waals surface area contributed by atoms with Gasteiger partial charge in [-0.25, -0.2) is 0 Å². The Labute approximate surface area is 169 Å². The fourth-order valence-corrected chi connectivity index (χ4v) is 4.32. The monoisotopic (exact) mass is 382 g/mol. The van der Waals surface area contributed by atoms with Crippen molar-refractivity contribution in [2.75, 3.05) is 6.61 Å². The van der Waals surface area contributed by atoms with Crippen LogP contribution in [0, 0.1) is 0 Å². The summed E-state index contributed by atoms with van der Waals surface area (Å²) in [4.78, 5) is 0. The van der Waals surface area contributed by atoms with Crippen molar-refractivity contribution in [1.29, 1.82) is 0 Å². The first-order valence-corrected chi connectivity index (χ1v) is 9.98. The van der Waals surface area contributed by atoms with Gasteiger partial charge in [0.25, 0.3) is 0 Å². The largest absolute Gasteiger partial charge is 0.508 e. The Morgan fingerprint density at radius 3 is 2.55 bits per heavy atom. The minimum absolute atomic E-state index is 0.255. The van der Waals surface area contributed by atoms with Crippen LogP contribution in [0.15, 0.2) is 66.7 Å². The molecule has 0 amide bonds. The number of fused-ring (bicyclic) bond motifs is 4. The molecule has 5 rings (SSSR count). The van der Waals surface area contributed by atoms with Crippen LogP contribution < -0.4 is 4.74 Å². The van der Waals surface area contributed by atoms with Gasteiger partial charge in [0.1, 0.15) is 17.2 Å². The van der Waals surface area contributed by atoms with E-state index in [1.807, 2.05) is 36.4 Å². The highest BCUT2D eigenvalue weighted by molar-refractivity contribution is 6.04. The molecule has 0 heterocycles. The van der Waals surface area contributed by atoms with Gasteiger partial charge in [0.15, 0.2) is 0 Å². The summed E-state index contributed by atoms with van der Waals surface area (Å²) in [5, 5.41) is 22.2. The van der Waals surface area contributed by atoms with Gasteiger partial charge in [0.05, 0.1) is 6.61 Å². The molecule has 0 spiro atoms. The van der Waals surface area contributed by atoms with Crippen molar-refractivity contribution in [3.63, 3.8) is 0 Å². The fourth-order valence-electron chi connectivity index (χ4n) is 4.32. The summed E-state index contributed by atoms with van der Waals surface area (Å²) >= 11 is 0. The number of benzene rings is 4. The summed E-state index contributed by atoms with van der Waals surface area (Å²) < 4.78 is 5.87. The molecule has 3 heteroatoms. The average Bonchev–Trinajstić information content (AvgIpc) is 3.07. The molecule has 2 N–H and O–H groups in total. The van der Waals surface area contributed by atoms with E-state index in [0.717, 1.165) is 51.6 Å². The van der Waals surface area contributed by atoms with E-state index in [1.54, 1.807) is 12.1 Å². The molecule has 0 bridgehead atoms. The lowest BCUT2D eigenvalue weighted by Crippen LogP contribution is -1.96. The zero-order chi connectivity index (χ0) is 20.0. The molecular weight excluding hydrogens is 360 g/mol. The molecule has 0 atom stereocenters. The number of ether oxygens (including phenoxy) is 1. The highest BCUT2D eigenvalue weighted by atomic mass is 16.5. The first-order chi connectivity index (χ1) is 14.1. The molecule has 4 aromatic rings. The van der Waals surface area contributed by atoms with Crippen LogP contribution in [-0.2, 0) is 6.42 Å². The minimum Gasteiger partial charge on any atom is -0.508 e. The van der Waals surface area contributed by atoms with Crippen LogP contribution in [-0.4, -0.2) is 16.8 Å². The second-order valence-corrected chi connectivity index (χ2v) is 7.58. The summed E-state index contributed by atoms with van der Waals surface area (Å²) in [6.45, 7) is 2.78. The van der Waals surface area contributed by atoms with Gasteiger partial charge >= 0.3 is 0 Å². The van der Waals surface area contributed by atoms with Crippen LogP contribution in [0.2, 0.25) is 0 Å². The third kappa shape index (κ3) is 2.99. The zero-order valence-electron chi connectivity index (χ0n) is 16.3. The van der Waals surface area contributed by atoms with E-state index < -0.39 is 0 Å². The van der Waals surface area contributed by atoms with E-state index in [0.29, 0.717) is 6.61 Å². The molecule has 3 nitrogen and oxygen atoms in total. The Morgan fingerprint density at radius 1 is 0.862 bits per heavy atom. The van der Waals surface area contributed by atoms with Gasteiger partial charge in [0, 0.05) is 0 Å². The summed E-state index contributed by atoms with van der Waals surface area (Å²) in [7, 11) is 0. The average molecular weight is 382 g/mol. The molecule has 0 radical (unpaired) electrons. The summed E-state index contributed by atoms with van der Waals surface area (Å²) in [6.07, 6.45) is 1.71. The molecule has 0 saturated carbocycles. The molecule has 0 unspecified atom stereocenters. The standard InChI is InChI=1S/C26H22O3/c1-2-10-29-21-5-3-4-17(12-21)26-23-15-20(28)7-6-16(23)13-24-22-9-8-19(27)11-18(22)14-25(24)26/h3-9,11-13,15,27-28H,2,10,14H2,1H3. The lowest BCUT2D eigenvalue weighted by atomic mass is 9.89. The van der Waals surface area contributed by atoms with Crippen molar-refractivity contribution in [3.8, 4) is 39.5 Å². The maximum absolute atomic E-state index is 10.2. The van der Waals surface area contributed by atoms with Crippen molar-refractivity contribution in [2.45, 2.75) is 19.8 Å². The topological polar surface area (TPSA) is 49.7 Å². The van der Waals surface area contributed by atoms with Crippen molar-refractivity contribution in [3.05, 3.63) is 77.9 Å². The van der Waals surface area contributed by atoms with E-state index in [4.69, 9.17) is 4.74 Å². The van der Waals surface area contributed by atoms with Crippen molar-refractivity contribution < 1.29 is 14.9 Å². The molecule has 4 aromatic carbocycles. The highest BCUT2D eigenvalue weighted by Gasteiger charge is 2.24. The first-order valence-electron chi connectivity index (χ1n) is 9.98. The molecule has 29 heavy (non-hydrogen) atoms. The number of rotatable bonds is 4. The maximum atomic E-state index is 10.2. The van der Waals surface area contributed by atoms with Crippen molar-refractivity contribution in [1.82, 2.24) is 0 Å². The van der Waals surface area contributed by atoms with E-state index in [-0.39, 0.29) is 11.5 Å². The molecule has 0 aromatic heterocycles. The van der Waals surface area contributed by atoms with E-state index in [9.17, 15) is 10.2 Å². The molecule has 1 aliphatic rings. The lowest BCUT2D eigenvalue weighted by molar-refractivity contribution is 0.317. The Bertz CT molecular complexity index is 1240. The number of hydrogen-bond donors (Lipinski definition) is 2. The number of hydrogen-bond acceptors (Lipinski definition) is 3. The number of phenols is 2. The van der Waals surface area contributed by atoms with Gasteiger partial charge in [-0.15, -0.1) is 0 Å². The Balaban J connectivity index is 1.78. The third-order valence-corrected chi connectivity index (χ3v) is 5.57. The summed E-state index contributed by atoms with van der Waals surface area (Å²) in [5.74, 6) is 1.39. The van der Waals surface area contributed by atoms with Crippen LogP contribution >= 0.6 is 0 Å². The molecular formula is C26H22O3. The molecule has 1 aliphatic carbocycles. The van der Waals surface area contributed by atoms with Crippen LogP contribution in [0.4, 0.5) is 0 Å². The lowest BCUT2D eigenvalue weighted by Gasteiger charge is -2.15. The molecule has 144 valence electrons. The van der Waals surface area contributed by atoms with Crippen LogP contribution in [0.1, 0.15) is 24.5 Å². The fraction of sp³-hybridized carbons (Fsp3) is 0.154. The smallest absolute Gasteiger partial charge is 0.119 e. The third-order valence-electron chi connectivity index (χ3n) is 5.57. The number of phenolic OH excluding ortho intramolecular Hbond substituents is 2. The molecule has 0 fully saturated rings. The van der Waals surface area contributed by atoms with Gasteiger partial charge in [-0.1, -0.05) is 31.2 Å². The quantitative estimate of drug-likeness (QED) is 0.385. The minimum atomic E-state index is 0.255. The van der Waals surface area contributed by atoms with Gasteiger partial charge in [-0.3, -0.25) is 0 Å². The van der Waals surface area contributed by atoms with Gasteiger partial charge in [-0.2, -0.15) is 0 Å². The normalized spacial score (nSPS) is 12.0.